The second kappa shape index (κ2) is 14.8. The summed E-state index contributed by atoms with van der Waals surface area (Å²) in [5.74, 6) is -2.84. The number of rotatable bonds is 11. The van der Waals surface area contributed by atoms with E-state index in [9.17, 15) is 29.3 Å². The zero-order valence-corrected chi connectivity index (χ0v) is 25.5. The lowest BCUT2D eigenvalue weighted by Gasteiger charge is -2.50. The molecular formula is C30H45BFN5O6. The van der Waals surface area contributed by atoms with Gasteiger partial charge in [-0.1, -0.05) is 19.1 Å². The standard InChI is InChI=1S/C30H45BFN5O6/c1-21(30(2,3)36-14-12-35(13-15-36)25-18-42-19-25)26(17-33)28(38)37-11-5-4-6-24(37)20-43-29(39)34-27(31(40)41)16-22-7-9-23(32)10-8-22/h7-10,21,24-27,40-41H,4-6,11-16,18-20H2,1-3H3,(H,34,39)/t21?,24-,26?,27+/m1/s1. The smallest absolute Gasteiger partial charge is 0.447 e. The van der Waals surface area contributed by atoms with Gasteiger partial charge in [0.2, 0.25) is 5.91 Å². The van der Waals surface area contributed by atoms with Crippen molar-refractivity contribution in [3.63, 3.8) is 0 Å². The Balaban J connectivity index is 1.33. The van der Waals surface area contributed by atoms with E-state index in [0.717, 1.165) is 52.2 Å². The SMILES string of the molecule is CC(C(C#N)C(=O)N1CCCC[C@@H]1COC(=O)N[C@@H](Cc1ccc(F)cc1)B(O)O)C(C)(C)N1CCN(C2COC2)CC1. The van der Waals surface area contributed by atoms with E-state index in [1.807, 2.05) is 6.92 Å². The molecule has 11 nitrogen and oxygen atoms in total. The van der Waals surface area contributed by atoms with Crippen LogP contribution in [0.25, 0.3) is 0 Å². The predicted molar refractivity (Wildman–Crippen MR) is 158 cm³/mol. The van der Waals surface area contributed by atoms with Crippen LogP contribution in [0.5, 0.6) is 0 Å². The topological polar surface area (TPSA) is 139 Å². The van der Waals surface area contributed by atoms with Crippen molar-refractivity contribution in [2.45, 2.75) is 70.0 Å². The van der Waals surface area contributed by atoms with Crippen molar-refractivity contribution in [3.8, 4) is 6.07 Å². The number of alkyl carbamates (subject to hydrolysis) is 1. The summed E-state index contributed by atoms with van der Waals surface area (Å²) in [6.45, 7) is 11.7. The number of nitrogens with one attached hydrogen (secondary N) is 1. The molecule has 3 aliphatic heterocycles. The third-order valence-electron chi connectivity index (χ3n) is 9.63. The number of nitriles is 1. The fraction of sp³-hybridized carbons (Fsp3) is 0.700. The molecule has 2 unspecified atom stereocenters. The number of piperidine rings is 1. The van der Waals surface area contributed by atoms with Crippen LogP contribution >= 0.6 is 0 Å². The average Bonchev–Trinajstić information content (AvgIpc) is 2.96. The number of ether oxygens (including phenoxy) is 2. The minimum Gasteiger partial charge on any atom is -0.447 e. The maximum Gasteiger partial charge on any atom is 0.475 e. The first-order valence-electron chi connectivity index (χ1n) is 15.3. The molecule has 0 radical (unpaired) electrons. The zero-order valence-electron chi connectivity index (χ0n) is 25.5. The molecule has 0 aromatic heterocycles. The molecule has 0 bridgehead atoms. The monoisotopic (exact) mass is 601 g/mol. The second-order valence-electron chi connectivity index (χ2n) is 12.5. The highest BCUT2D eigenvalue weighted by atomic mass is 19.1. The molecule has 3 saturated heterocycles. The van der Waals surface area contributed by atoms with Gasteiger partial charge in [0.25, 0.3) is 0 Å². The number of carbonyl (C=O) groups excluding carboxylic acids is 2. The number of likely N-dealkylation sites (tertiary alicyclic amines) is 1. The maximum absolute atomic E-state index is 13.9. The fourth-order valence-corrected chi connectivity index (χ4v) is 6.29. The van der Waals surface area contributed by atoms with Gasteiger partial charge in [-0.15, -0.1) is 0 Å². The van der Waals surface area contributed by atoms with E-state index in [-0.39, 0.29) is 36.4 Å². The van der Waals surface area contributed by atoms with Gasteiger partial charge in [-0.25, -0.2) is 9.18 Å². The van der Waals surface area contributed by atoms with E-state index < -0.39 is 30.9 Å². The van der Waals surface area contributed by atoms with E-state index in [0.29, 0.717) is 24.6 Å². The lowest BCUT2D eigenvalue weighted by Crippen LogP contribution is -2.62. The molecule has 4 rings (SSSR count). The third kappa shape index (κ3) is 8.25. The summed E-state index contributed by atoms with van der Waals surface area (Å²) in [5.41, 5.74) is 0.225. The van der Waals surface area contributed by atoms with Crippen molar-refractivity contribution < 1.29 is 33.5 Å². The van der Waals surface area contributed by atoms with Crippen molar-refractivity contribution >= 4 is 19.1 Å². The van der Waals surface area contributed by atoms with Gasteiger partial charge in [-0.3, -0.25) is 14.6 Å². The molecule has 0 saturated carbocycles. The van der Waals surface area contributed by atoms with E-state index >= 15 is 0 Å². The Hall–Kier alpha value is -2.76. The Morgan fingerprint density at radius 3 is 2.42 bits per heavy atom. The van der Waals surface area contributed by atoms with Crippen LogP contribution < -0.4 is 5.32 Å². The number of hydrogen-bond acceptors (Lipinski definition) is 9. The highest BCUT2D eigenvalue weighted by Crippen LogP contribution is 2.34. The minimum atomic E-state index is -1.86. The number of piperazine rings is 1. The Morgan fingerprint density at radius 1 is 1.16 bits per heavy atom. The van der Waals surface area contributed by atoms with Crippen LogP contribution in [-0.2, 0) is 20.7 Å². The first-order chi connectivity index (χ1) is 20.5. The molecule has 4 atom stereocenters. The molecular weight excluding hydrogens is 556 g/mol. The normalized spacial score (nSPS) is 22.5. The molecule has 3 fully saturated rings. The third-order valence-corrected chi connectivity index (χ3v) is 9.63. The highest BCUT2D eigenvalue weighted by molar-refractivity contribution is 6.43. The molecule has 3 N–H and O–H groups in total. The summed E-state index contributed by atoms with van der Waals surface area (Å²) in [4.78, 5) is 33.0. The number of benzene rings is 1. The predicted octanol–water partition coefficient (Wildman–Crippen LogP) is 1.43. The molecule has 1 aromatic carbocycles. The molecule has 43 heavy (non-hydrogen) atoms. The zero-order chi connectivity index (χ0) is 31.1. The molecule has 0 spiro atoms. The summed E-state index contributed by atoms with van der Waals surface area (Å²) in [6.07, 6.45) is 1.49. The lowest BCUT2D eigenvalue weighted by atomic mass is 9.76. The van der Waals surface area contributed by atoms with Crippen LogP contribution in [0.15, 0.2) is 24.3 Å². The molecule has 1 aromatic rings. The number of nitrogens with zero attached hydrogens (tertiary/aromatic N) is 4. The van der Waals surface area contributed by atoms with Gasteiger partial charge in [0.1, 0.15) is 18.3 Å². The summed E-state index contributed by atoms with van der Waals surface area (Å²) >= 11 is 0. The average molecular weight is 602 g/mol. The van der Waals surface area contributed by atoms with Gasteiger partial charge in [0.15, 0.2) is 0 Å². The van der Waals surface area contributed by atoms with Crippen LogP contribution in [0.3, 0.4) is 0 Å². The minimum absolute atomic E-state index is 0.0582. The molecule has 13 heteroatoms. The largest absolute Gasteiger partial charge is 0.475 e. The molecule has 3 aliphatic rings. The van der Waals surface area contributed by atoms with Crippen LogP contribution in [-0.4, -0.2) is 120 Å². The van der Waals surface area contributed by atoms with Crippen LogP contribution in [0.1, 0.15) is 45.6 Å². The Bertz CT molecular complexity index is 1120. The first kappa shape index (κ1) is 33.1. The van der Waals surface area contributed by atoms with Gasteiger partial charge in [0.05, 0.1) is 37.3 Å². The summed E-state index contributed by atoms with van der Waals surface area (Å²) in [5, 5.41) is 32.2. The lowest BCUT2D eigenvalue weighted by molar-refractivity contribution is -0.142. The summed E-state index contributed by atoms with van der Waals surface area (Å²) in [6, 6.07) is 7.91. The molecule has 3 heterocycles. The number of halogens is 1. The quantitative estimate of drug-likeness (QED) is 0.322. The van der Waals surface area contributed by atoms with Gasteiger partial charge in [-0.05, 0) is 63.1 Å². The van der Waals surface area contributed by atoms with E-state index in [4.69, 9.17) is 9.47 Å². The van der Waals surface area contributed by atoms with Gasteiger partial charge in [0, 0.05) is 38.3 Å². The first-order valence-corrected chi connectivity index (χ1v) is 15.3. The van der Waals surface area contributed by atoms with Gasteiger partial charge in [-0.2, -0.15) is 5.26 Å². The Labute approximate surface area is 254 Å². The molecule has 236 valence electrons. The van der Waals surface area contributed by atoms with Crippen LogP contribution in [0.4, 0.5) is 9.18 Å². The summed E-state index contributed by atoms with van der Waals surface area (Å²) < 4.78 is 24.0. The van der Waals surface area contributed by atoms with E-state index in [2.05, 4.69) is 35.0 Å². The van der Waals surface area contributed by atoms with Crippen molar-refractivity contribution in [3.05, 3.63) is 35.6 Å². The second-order valence-corrected chi connectivity index (χ2v) is 12.5. The van der Waals surface area contributed by atoms with Crippen molar-refractivity contribution in [1.82, 2.24) is 20.0 Å². The van der Waals surface area contributed by atoms with Gasteiger partial charge >= 0.3 is 13.2 Å². The van der Waals surface area contributed by atoms with E-state index in [1.54, 1.807) is 4.90 Å². The van der Waals surface area contributed by atoms with E-state index in [1.165, 1.54) is 24.3 Å². The Kier molecular flexibility index (Phi) is 11.4. The summed E-state index contributed by atoms with van der Waals surface area (Å²) in [7, 11) is -1.86. The molecule has 2 amide bonds. The van der Waals surface area contributed by atoms with Crippen molar-refractivity contribution in [2.75, 3.05) is 52.5 Å². The van der Waals surface area contributed by atoms with Crippen LogP contribution in [0, 0.1) is 29.0 Å². The van der Waals surface area contributed by atoms with Crippen molar-refractivity contribution in [2.24, 2.45) is 11.8 Å². The molecule has 0 aliphatic carbocycles. The Morgan fingerprint density at radius 2 is 1.84 bits per heavy atom. The van der Waals surface area contributed by atoms with Crippen molar-refractivity contribution in [1.29, 1.82) is 5.26 Å². The number of amides is 2. The maximum atomic E-state index is 13.9. The number of carbonyl (C=O) groups is 2. The highest BCUT2D eigenvalue weighted by Gasteiger charge is 2.44. The number of hydrogen-bond donors (Lipinski definition) is 3. The fourth-order valence-electron chi connectivity index (χ4n) is 6.29. The van der Waals surface area contributed by atoms with Gasteiger partial charge < -0.3 is 29.7 Å². The van der Waals surface area contributed by atoms with Crippen LogP contribution in [0.2, 0.25) is 0 Å².